The number of rotatable bonds is 6. The second-order valence-electron chi connectivity index (χ2n) is 5.76. The van der Waals surface area contributed by atoms with E-state index in [-0.39, 0.29) is 18.2 Å². The average Bonchev–Trinajstić information content (AvgIpc) is 2.55. The van der Waals surface area contributed by atoms with Gasteiger partial charge in [0, 0.05) is 11.8 Å². The van der Waals surface area contributed by atoms with Crippen LogP contribution < -0.4 is 20.1 Å². The Morgan fingerprint density at radius 3 is 2.33 bits per heavy atom. The van der Waals surface area contributed by atoms with E-state index in [1.54, 1.807) is 25.3 Å². The molecular formula is C19H24N2O3. The Balaban J connectivity index is 2.03. The number of amides is 2. The average molecular weight is 328 g/mol. The van der Waals surface area contributed by atoms with Crippen LogP contribution in [0.25, 0.3) is 0 Å². The van der Waals surface area contributed by atoms with Crippen molar-refractivity contribution in [1.29, 1.82) is 0 Å². The van der Waals surface area contributed by atoms with E-state index in [4.69, 9.17) is 9.47 Å². The van der Waals surface area contributed by atoms with Crippen LogP contribution in [0.15, 0.2) is 48.5 Å². The molecule has 0 spiro atoms. The Kier molecular flexibility index (Phi) is 6.07. The SMILES string of the molecule is COc1ccc(NC(=O)N[C@@H](C)c2ccccc2)cc1OC(C)C. The predicted molar refractivity (Wildman–Crippen MR) is 95.8 cm³/mol. The molecule has 0 saturated heterocycles. The first-order valence-corrected chi connectivity index (χ1v) is 7.96. The fourth-order valence-corrected chi connectivity index (χ4v) is 2.29. The van der Waals surface area contributed by atoms with Gasteiger partial charge >= 0.3 is 6.03 Å². The van der Waals surface area contributed by atoms with E-state index >= 15 is 0 Å². The summed E-state index contributed by atoms with van der Waals surface area (Å²) in [6.07, 6.45) is 0.0149. The lowest BCUT2D eigenvalue weighted by Gasteiger charge is -2.17. The lowest BCUT2D eigenvalue weighted by Crippen LogP contribution is -2.31. The Morgan fingerprint density at radius 1 is 1.00 bits per heavy atom. The quantitative estimate of drug-likeness (QED) is 0.828. The Bertz CT molecular complexity index is 672. The molecule has 5 nitrogen and oxygen atoms in total. The number of urea groups is 1. The monoisotopic (exact) mass is 328 g/mol. The van der Waals surface area contributed by atoms with Gasteiger partial charge in [-0.1, -0.05) is 30.3 Å². The van der Waals surface area contributed by atoms with Gasteiger partial charge in [0.2, 0.25) is 0 Å². The largest absolute Gasteiger partial charge is 0.493 e. The van der Waals surface area contributed by atoms with Gasteiger partial charge in [-0.2, -0.15) is 0 Å². The van der Waals surface area contributed by atoms with Crippen molar-refractivity contribution in [3.8, 4) is 11.5 Å². The van der Waals surface area contributed by atoms with Gasteiger partial charge in [0.05, 0.1) is 19.3 Å². The van der Waals surface area contributed by atoms with Crippen LogP contribution in [0.4, 0.5) is 10.5 Å². The van der Waals surface area contributed by atoms with Gasteiger partial charge in [-0.15, -0.1) is 0 Å². The molecule has 128 valence electrons. The van der Waals surface area contributed by atoms with Crippen molar-refractivity contribution >= 4 is 11.7 Å². The topological polar surface area (TPSA) is 59.6 Å². The van der Waals surface area contributed by atoms with Crippen LogP contribution in [0.2, 0.25) is 0 Å². The molecule has 2 aromatic carbocycles. The van der Waals surface area contributed by atoms with Crippen LogP contribution in [0, 0.1) is 0 Å². The number of methoxy groups -OCH3 is 1. The molecule has 0 unspecified atom stereocenters. The molecule has 0 saturated carbocycles. The van der Waals surface area contributed by atoms with Crippen molar-refractivity contribution in [3.05, 3.63) is 54.1 Å². The second kappa shape index (κ2) is 8.24. The zero-order chi connectivity index (χ0) is 17.5. The van der Waals surface area contributed by atoms with Crippen LogP contribution in [0.5, 0.6) is 11.5 Å². The number of nitrogens with one attached hydrogen (secondary N) is 2. The fraction of sp³-hybridized carbons (Fsp3) is 0.316. The molecule has 0 aliphatic rings. The molecule has 2 rings (SSSR count). The number of carbonyl (C=O) groups excluding carboxylic acids is 1. The first kappa shape index (κ1) is 17.7. The molecule has 0 radical (unpaired) electrons. The molecule has 2 N–H and O–H groups in total. The van der Waals surface area contributed by atoms with Crippen molar-refractivity contribution in [2.24, 2.45) is 0 Å². The van der Waals surface area contributed by atoms with E-state index in [1.165, 1.54) is 0 Å². The van der Waals surface area contributed by atoms with Crippen LogP contribution in [-0.2, 0) is 0 Å². The zero-order valence-electron chi connectivity index (χ0n) is 14.5. The van der Waals surface area contributed by atoms with Crippen molar-refractivity contribution in [3.63, 3.8) is 0 Å². The first-order valence-electron chi connectivity index (χ1n) is 7.96. The summed E-state index contributed by atoms with van der Waals surface area (Å²) in [6.45, 7) is 5.82. The van der Waals surface area contributed by atoms with Crippen LogP contribution >= 0.6 is 0 Å². The third kappa shape index (κ3) is 4.91. The molecule has 24 heavy (non-hydrogen) atoms. The van der Waals surface area contributed by atoms with E-state index < -0.39 is 0 Å². The van der Waals surface area contributed by atoms with E-state index in [0.29, 0.717) is 17.2 Å². The van der Waals surface area contributed by atoms with Gasteiger partial charge in [0.15, 0.2) is 11.5 Å². The highest BCUT2D eigenvalue weighted by Crippen LogP contribution is 2.31. The molecule has 0 aromatic heterocycles. The third-order valence-corrected chi connectivity index (χ3v) is 3.43. The number of hydrogen-bond donors (Lipinski definition) is 2. The van der Waals surface area contributed by atoms with Crippen molar-refractivity contribution in [2.45, 2.75) is 32.9 Å². The smallest absolute Gasteiger partial charge is 0.319 e. The predicted octanol–water partition coefficient (Wildman–Crippen LogP) is 4.37. The molecule has 0 heterocycles. The highest BCUT2D eigenvalue weighted by atomic mass is 16.5. The lowest BCUT2D eigenvalue weighted by atomic mass is 10.1. The maximum Gasteiger partial charge on any atom is 0.319 e. The molecule has 0 aliphatic carbocycles. The van der Waals surface area contributed by atoms with Gasteiger partial charge in [0.1, 0.15) is 0 Å². The Morgan fingerprint density at radius 2 is 1.71 bits per heavy atom. The van der Waals surface area contributed by atoms with Gasteiger partial charge in [-0.3, -0.25) is 0 Å². The Hall–Kier alpha value is -2.69. The van der Waals surface area contributed by atoms with Crippen LogP contribution in [-0.4, -0.2) is 19.2 Å². The molecule has 2 amide bonds. The minimum absolute atomic E-state index is 0.0149. The Labute approximate surface area is 143 Å². The first-order chi connectivity index (χ1) is 11.5. The van der Waals surface area contributed by atoms with Gasteiger partial charge in [-0.05, 0) is 38.5 Å². The van der Waals surface area contributed by atoms with Crippen molar-refractivity contribution in [2.75, 3.05) is 12.4 Å². The number of ether oxygens (including phenoxy) is 2. The number of hydrogen-bond acceptors (Lipinski definition) is 3. The van der Waals surface area contributed by atoms with Crippen LogP contribution in [0.1, 0.15) is 32.4 Å². The summed E-state index contributed by atoms with van der Waals surface area (Å²) in [5.41, 5.74) is 1.69. The molecular weight excluding hydrogens is 304 g/mol. The van der Waals surface area contributed by atoms with E-state index in [1.807, 2.05) is 51.1 Å². The van der Waals surface area contributed by atoms with Gasteiger partial charge < -0.3 is 20.1 Å². The summed E-state index contributed by atoms with van der Waals surface area (Å²) in [4.78, 5) is 12.2. The van der Waals surface area contributed by atoms with Crippen molar-refractivity contribution in [1.82, 2.24) is 5.32 Å². The highest BCUT2D eigenvalue weighted by Gasteiger charge is 2.12. The number of benzene rings is 2. The molecule has 1 atom stereocenters. The van der Waals surface area contributed by atoms with Gasteiger partial charge in [-0.25, -0.2) is 4.79 Å². The maximum atomic E-state index is 12.2. The van der Waals surface area contributed by atoms with E-state index in [2.05, 4.69) is 10.6 Å². The normalized spacial score (nSPS) is 11.7. The maximum absolute atomic E-state index is 12.2. The highest BCUT2D eigenvalue weighted by molar-refractivity contribution is 5.89. The van der Waals surface area contributed by atoms with E-state index in [9.17, 15) is 4.79 Å². The summed E-state index contributed by atoms with van der Waals surface area (Å²) in [5, 5.41) is 5.73. The zero-order valence-corrected chi connectivity index (χ0v) is 14.5. The molecule has 0 aliphatic heterocycles. The number of anilines is 1. The molecule has 0 fully saturated rings. The summed E-state index contributed by atoms with van der Waals surface area (Å²) in [5.74, 6) is 1.23. The molecule has 5 heteroatoms. The van der Waals surface area contributed by atoms with E-state index in [0.717, 1.165) is 5.56 Å². The summed E-state index contributed by atoms with van der Waals surface area (Å²) in [6, 6.07) is 14.7. The summed E-state index contributed by atoms with van der Waals surface area (Å²) >= 11 is 0. The number of carbonyl (C=O) groups is 1. The lowest BCUT2D eigenvalue weighted by molar-refractivity contribution is 0.230. The minimum Gasteiger partial charge on any atom is -0.493 e. The van der Waals surface area contributed by atoms with Crippen molar-refractivity contribution < 1.29 is 14.3 Å². The van der Waals surface area contributed by atoms with Crippen LogP contribution in [0.3, 0.4) is 0 Å². The molecule has 2 aromatic rings. The summed E-state index contributed by atoms with van der Waals surface area (Å²) in [7, 11) is 1.59. The fourth-order valence-electron chi connectivity index (χ4n) is 2.29. The standard InChI is InChI=1S/C19H24N2O3/c1-13(2)24-18-12-16(10-11-17(18)23-4)21-19(22)20-14(3)15-8-6-5-7-9-15/h5-14H,1-4H3,(H2,20,21,22)/t14-/m0/s1. The second-order valence-corrected chi connectivity index (χ2v) is 5.76. The molecule has 0 bridgehead atoms. The van der Waals surface area contributed by atoms with Gasteiger partial charge in [0.25, 0.3) is 0 Å². The summed E-state index contributed by atoms with van der Waals surface area (Å²) < 4.78 is 11.0. The third-order valence-electron chi connectivity index (χ3n) is 3.43. The minimum atomic E-state index is -0.271.